The monoisotopic (exact) mass is 235 g/mol. The van der Waals surface area contributed by atoms with Gasteiger partial charge in [-0.25, -0.2) is 9.97 Å². The molecular formula is C12H21N5. The molecule has 1 aliphatic heterocycles. The van der Waals surface area contributed by atoms with E-state index >= 15 is 0 Å². The molecule has 1 N–H and O–H groups in total. The van der Waals surface area contributed by atoms with Gasteiger partial charge in [0.25, 0.3) is 0 Å². The largest absolute Gasteiger partial charge is 0.358 e. The molecule has 94 valence electrons. The zero-order valence-electron chi connectivity index (χ0n) is 10.7. The first-order valence-electron chi connectivity index (χ1n) is 6.18. The number of anilines is 1. The topological polar surface area (TPSA) is 44.3 Å². The second-order valence-electron chi connectivity index (χ2n) is 4.53. The minimum atomic E-state index is 1.01. The Morgan fingerprint density at radius 1 is 1.35 bits per heavy atom. The molecule has 0 aliphatic carbocycles. The molecule has 5 heteroatoms. The second kappa shape index (κ2) is 5.93. The molecule has 0 saturated carbocycles. The fraction of sp³-hybridized carbons (Fsp3) is 0.667. The number of hydrogen-bond donors (Lipinski definition) is 1. The molecule has 0 radical (unpaired) electrons. The number of aryl methyl sites for hydroxylation is 1. The van der Waals surface area contributed by atoms with Crippen molar-refractivity contribution in [2.75, 3.05) is 51.2 Å². The summed E-state index contributed by atoms with van der Waals surface area (Å²) in [6, 6.07) is 2.03. The van der Waals surface area contributed by atoms with E-state index < -0.39 is 0 Å². The standard InChI is InChI=1S/C12H21N5/c1-11-9-12(15-10-14-11)16(2)7-8-17-5-3-13-4-6-17/h9-10,13H,3-8H2,1-2H3. The van der Waals surface area contributed by atoms with Crippen LogP contribution in [0.5, 0.6) is 0 Å². The van der Waals surface area contributed by atoms with Gasteiger partial charge in [-0.15, -0.1) is 0 Å². The van der Waals surface area contributed by atoms with Gasteiger partial charge in [0, 0.05) is 58.1 Å². The van der Waals surface area contributed by atoms with Crippen LogP contribution in [0.4, 0.5) is 5.82 Å². The van der Waals surface area contributed by atoms with E-state index in [0.717, 1.165) is 50.8 Å². The summed E-state index contributed by atoms with van der Waals surface area (Å²) in [5, 5.41) is 3.37. The van der Waals surface area contributed by atoms with E-state index in [2.05, 4.69) is 32.1 Å². The van der Waals surface area contributed by atoms with E-state index in [1.807, 2.05) is 13.0 Å². The highest BCUT2D eigenvalue weighted by molar-refractivity contribution is 5.37. The minimum Gasteiger partial charge on any atom is -0.358 e. The number of likely N-dealkylation sites (N-methyl/N-ethyl adjacent to an activating group) is 1. The summed E-state index contributed by atoms with van der Waals surface area (Å²) in [7, 11) is 2.09. The van der Waals surface area contributed by atoms with Crippen molar-refractivity contribution in [3.8, 4) is 0 Å². The predicted octanol–water partition coefficient (Wildman–Crippen LogP) is 0.126. The van der Waals surface area contributed by atoms with Crippen LogP contribution in [0.2, 0.25) is 0 Å². The molecule has 0 unspecified atom stereocenters. The maximum absolute atomic E-state index is 4.29. The third-order valence-electron chi connectivity index (χ3n) is 3.14. The van der Waals surface area contributed by atoms with Crippen LogP contribution in [0.3, 0.4) is 0 Å². The van der Waals surface area contributed by atoms with E-state index in [9.17, 15) is 0 Å². The Kier molecular flexibility index (Phi) is 4.28. The van der Waals surface area contributed by atoms with Crippen molar-refractivity contribution in [1.82, 2.24) is 20.2 Å². The molecule has 1 aliphatic rings. The molecule has 1 aromatic rings. The summed E-state index contributed by atoms with van der Waals surface area (Å²) in [4.78, 5) is 13.1. The molecule has 17 heavy (non-hydrogen) atoms. The molecular weight excluding hydrogens is 214 g/mol. The molecule has 0 amide bonds. The summed E-state index contributed by atoms with van der Waals surface area (Å²) in [6.07, 6.45) is 1.63. The SMILES string of the molecule is Cc1cc(N(C)CCN2CCNCC2)ncn1. The summed E-state index contributed by atoms with van der Waals surface area (Å²) >= 11 is 0. The average molecular weight is 235 g/mol. The minimum absolute atomic E-state index is 1.01. The van der Waals surface area contributed by atoms with Crippen molar-refractivity contribution in [3.05, 3.63) is 18.1 Å². The van der Waals surface area contributed by atoms with E-state index in [1.165, 1.54) is 0 Å². The van der Waals surface area contributed by atoms with Gasteiger partial charge in [-0.2, -0.15) is 0 Å². The number of rotatable bonds is 4. The van der Waals surface area contributed by atoms with Gasteiger partial charge in [0.15, 0.2) is 0 Å². The number of nitrogens with zero attached hydrogens (tertiary/aromatic N) is 4. The van der Waals surface area contributed by atoms with Gasteiger partial charge in [-0.3, -0.25) is 4.90 Å². The quantitative estimate of drug-likeness (QED) is 0.803. The molecule has 0 bridgehead atoms. The van der Waals surface area contributed by atoms with Crippen molar-refractivity contribution in [3.63, 3.8) is 0 Å². The Labute approximate surface area is 103 Å². The summed E-state index contributed by atoms with van der Waals surface area (Å²) < 4.78 is 0. The van der Waals surface area contributed by atoms with E-state index in [1.54, 1.807) is 6.33 Å². The lowest BCUT2D eigenvalue weighted by Gasteiger charge is -2.29. The molecule has 2 rings (SSSR count). The number of piperazine rings is 1. The smallest absolute Gasteiger partial charge is 0.131 e. The van der Waals surface area contributed by atoms with E-state index in [4.69, 9.17) is 0 Å². The summed E-state index contributed by atoms with van der Waals surface area (Å²) in [6.45, 7) is 8.62. The number of hydrogen-bond acceptors (Lipinski definition) is 5. The van der Waals surface area contributed by atoms with Gasteiger partial charge in [0.1, 0.15) is 12.1 Å². The van der Waals surface area contributed by atoms with Crippen molar-refractivity contribution in [1.29, 1.82) is 0 Å². The zero-order chi connectivity index (χ0) is 12.1. The van der Waals surface area contributed by atoms with Crippen LogP contribution in [0, 0.1) is 6.92 Å². The fourth-order valence-corrected chi connectivity index (χ4v) is 1.99. The van der Waals surface area contributed by atoms with Crippen molar-refractivity contribution >= 4 is 5.82 Å². The first-order chi connectivity index (χ1) is 8.25. The molecule has 1 fully saturated rings. The molecule has 1 aromatic heterocycles. The van der Waals surface area contributed by atoms with Crippen LogP contribution in [-0.2, 0) is 0 Å². The normalized spacial score (nSPS) is 17.1. The highest BCUT2D eigenvalue weighted by Gasteiger charge is 2.10. The zero-order valence-corrected chi connectivity index (χ0v) is 10.7. The molecule has 0 aromatic carbocycles. The van der Waals surface area contributed by atoms with E-state index in [-0.39, 0.29) is 0 Å². The summed E-state index contributed by atoms with van der Waals surface area (Å²) in [5.41, 5.74) is 1.02. The van der Waals surface area contributed by atoms with Crippen LogP contribution in [0.15, 0.2) is 12.4 Å². The van der Waals surface area contributed by atoms with Crippen molar-refractivity contribution in [2.45, 2.75) is 6.92 Å². The third-order valence-corrected chi connectivity index (χ3v) is 3.14. The highest BCUT2D eigenvalue weighted by atomic mass is 15.2. The first-order valence-corrected chi connectivity index (χ1v) is 6.18. The lowest BCUT2D eigenvalue weighted by Crippen LogP contribution is -2.46. The Morgan fingerprint density at radius 3 is 2.82 bits per heavy atom. The lowest BCUT2D eigenvalue weighted by atomic mass is 10.3. The average Bonchev–Trinajstić information content (AvgIpc) is 2.37. The molecule has 0 atom stereocenters. The number of aromatic nitrogens is 2. The van der Waals surface area contributed by atoms with Crippen LogP contribution >= 0.6 is 0 Å². The molecule has 1 saturated heterocycles. The van der Waals surface area contributed by atoms with Crippen LogP contribution < -0.4 is 10.2 Å². The molecule has 5 nitrogen and oxygen atoms in total. The van der Waals surface area contributed by atoms with Crippen LogP contribution in [0.1, 0.15) is 5.69 Å². The summed E-state index contributed by atoms with van der Waals surface area (Å²) in [5.74, 6) is 1.01. The van der Waals surface area contributed by atoms with Crippen molar-refractivity contribution in [2.24, 2.45) is 0 Å². The third kappa shape index (κ3) is 3.64. The predicted molar refractivity (Wildman–Crippen MR) is 69.3 cm³/mol. The lowest BCUT2D eigenvalue weighted by molar-refractivity contribution is 0.246. The van der Waals surface area contributed by atoms with Gasteiger partial charge in [-0.1, -0.05) is 0 Å². The maximum atomic E-state index is 4.29. The van der Waals surface area contributed by atoms with Gasteiger partial charge >= 0.3 is 0 Å². The maximum Gasteiger partial charge on any atom is 0.131 e. The Balaban J connectivity index is 1.82. The Morgan fingerprint density at radius 2 is 2.12 bits per heavy atom. The second-order valence-corrected chi connectivity index (χ2v) is 4.53. The van der Waals surface area contributed by atoms with Gasteiger partial charge in [0.2, 0.25) is 0 Å². The van der Waals surface area contributed by atoms with Crippen molar-refractivity contribution < 1.29 is 0 Å². The van der Waals surface area contributed by atoms with Gasteiger partial charge < -0.3 is 10.2 Å². The first kappa shape index (κ1) is 12.3. The van der Waals surface area contributed by atoms with Gasteiger partial charge in [-0.05, 0) is 6.92 Å². The number of nitrogens with one attached hydrogen (secondary N) is 1. The fourth-order valence-electron chi connectivity index (χ4n) is 1.99. The molecule has 0 spiro atoms. The van der Waals surface area contributed by atoms with Crippen LogP contribution in [0.25, 0.3) is 0 Å². The van der Waals surface area contributed by atoms with Crippen LogP contribution in [-0.4, -0.2) is 61.2 Å². The van der Waals surface area contributed by atoms with Gasteiger partial charge in [0.05, 0.1) is 0 Å². The molecule has 2 heterocycles. The Hall–Kier alpha value is -1.20. The highest BCUT2D eigenvalue weighted by Crippen LogP contribution is 2.08. The van der Waals surface area contributed by atoms with E-state index in [0.29, 0.717) is 0 Å². The Bertz CT molecular complexity index is 349.